The zero-order valence-corrected chi connectivity index (χ0v) is 16.7. The van der Waals surface area contributed by atoms with E-state index in [0.717, 1.165) is 29.0 Å². The molecule has 3 aromatic carbocycles. The summed E-state index contributed by atoms with van der Waals surface area (Å²) in [5.41, 5.74) is 7.51. The van der Waals surface area contributed by atoms with Gasteiger partial charge in [0, 0.05) is 5.39 Å². The van der Waals surface area contributed by atoms with Crippen molar-refractivity contribution in [2.45, 2.75) is 19.3 Å². The van der Waals surface area contributed by atoms with Crippen LogP contribution in [0.1, 0.15) is 16.7 Å². The number of ether oxygens (including phenoxy) is 3. The number of nitrogens with two attached hydrogens (primary N) is 1. The number of fused-ring (bicyclic) bond motifs is 2. The van der Waals surface area contributed by atoms with Crippen molar-refractivity contribution in [3.05, 3.63) is 77.4 Å². The molecule has 0 radical (unpaired) electrons. The molecule has 164 valence electrons. The van der Waals surface area contributed by atoms with E-state index in [1.54, 1.807) is 4.68 Å². The average Bonchev–Trinajstić information content (AvgIpc) is 3.36. The maximum atomic E-state index is 13.0. The number of halogens is 3. The SMILES string of the molecule is Nc1nn(Cc2ccc(OCc3ccc4c(c3)OCO4)cc2)c2ccc(C(F)(F)F)cc12. The molecule has 0 atom stereocenters. The first-order valence-electron chi connectivity index (χ1n) is 9.80. The number of hydrogen-bond donors (Lipinski definition) is 1. The molecular weight excluding hydrogens is 423 g/mol. The van der Waals surface area contributed by atoms with Crippen LogP contribution in [0.5, 0.6) is 17.2 Å². The quantitative estimate of drug-likeness (QED) is 0.472. The summed E-state index contributed by atoms with van der Waals surface area (Å²) in [5, 5.41) is 4.49. The summed E-state index contributed by atoms with van der Waals surface area (Å²) >= 11 is 0. The lowest BCUT2D eigenvalue weighted by Gasteiger charge is -2.09. The van der Waals surface area contributed by atoms with E-state index in [1.807, 2.05) is 42.5 Å². The minimum atomic E-state index is -4.43. The van der Waals surface area contributed by atoms with E-state index in [9.17, 15) is 13.2 Å². The zero-order chi connectivity index (χ0) is 22.3. The summed E-state index contributed by atoms with van der Waals surface area (Å²) in [6.07, 6.45) is -4.43. The van der Waals surface area contributed by atoms with Crippen LogP contribution in [-0.4, -0.2) is 16.6 Å². The molecule has 5 rings (SSSR count). The second kappa shape index (κ2) is 7.67. The van der Waals surface area contributed by atoms with Crippen molar-refractivity contribution in [1.29, 1.82) is 0 Å². The van der Waals surface area contributed by atoms with Gasteiger partial charge in [0.2, 0.25) is 6.79 Å². The van der Waals surface area contributed by atoms with Crippen LogP contribution in [0.4, 0.5) is 19.0 Å². The summed E-state index contributed by atoms with van der Waals surface area (Å²) in [4.78, 5) is 0. The molecular formula is C23H18F3N3O3. The largest absolute Gasteiger partial charge is 0.489 e. The maximum absolute atomic E-state index is 13.0. The van der Waals surface area contributed by atoms with E-state index >= 15 is 0 Å². The minimum Gasteiger partial charge on any atom is -0.489 e. The van der Waals surface area contributed by atoms with Gasteiger partial charge in [-0.1, -0.05) is 18.2 Å². The van der Waals surface area contributed by atoms with Gasteiger partial charge in [-0.25, -0.2) is 0 Å². The van der Waals surface area contributed by atoms with Gasteiger partial charge in [-0.3, -0.25) is 4.68 Å². The Morgan fingerprint density at radius 2 is 1.69 bits per heavy atom. The Morgan fingerprint density at radius 3 is 2.47 bits per heavy atom. The Kier molecular flexibility index (Phi) is 4.80. The number of anilines is 1. The molecule has 1 aromatic heterocycles. The highest BCUT2D eigenvalue weighted by Crippen LogP contribution is 2.34. The fraction of sp³-hybridized carbons (Fsp3) is 0.174. The second-order valence-corrected chi connectivity index (χ2v) is 7.39. The molecule has 1 aliphatic rings. The van der Waals surface area contributed by atoms with Crippen LogP contribution in [0, 0.1) is 0 Å². The Labute approximate surface area is 180 Å². The lowest BCUT2D eigenvalue weighted by atomic mass is 10.1. The standard InChI is InChI=1S/C23H18F3N3O3/c24-23(25,26)16-4-7-19-18(10-16)22(27)28-29(19)11-14-1-5-17(6-2-14)30-12-15-3-8-20-21(9-15)32-13-31-20/h1-10H,11-13H2,(H2,27,28). The van der Waals surface area contributed by atoms with E-state index in [2.05, 4.69) is 5.10 Å². The predicted molar refractivity (Wildman–Crippen MR) is 112 cm³/mol. The Hall–Kier alpha value is -3.88. The van der Waals surface area contributed by atoms with Gasteiger partial charge in [-0.2, -0.15) is 18.3 Å². The van der Waals surface area contributed by atoms with E-state index in [1.165, 1.54) is 6.07 Å². The van der Waals surface area contributed by atoms with Gasteiger partial charge in [0.15, 0.2) is 17.3 Å². The average molecular weight is 441 g/mol. The van der Waals surface area contributed by atoms with Crippen molar-refractivity contribution >= 4 is 16.7 Å². The first kappa shape index (κ1) is 20.0. The summed E-state index contributed by atoms with van der Waals surface area (Å²) < 4.78 is 57.0. The molecule has 0 saturated heterocycles. The van der Waals surface area contributed by atoms with Crippen LogP contribution in [-0.2, 0) is 19.3 Å². The normalized spacial score (nSPS) is 13.0. The Balaban J connectivity index is 1.28. The highest BCUT2D eigenvalue weighted by molar-refractivity contribution is 5.89. The fourth-order valence-electron chi connectivity index (χ4n) is 3.56. The molecule has 1 aliphatic heterocycles. The van der Waals surface area contributed by atoms with E-state index in [4.69, 9.17) is 19.9 Å². The molecule has 0 saturated carbocycles. The third-order valence-electron chi connectivity index (χ3n) is 5.20. The Morgan fingerprint density at radius 1 is 0.938 bits per heavy atom. The molecule has 9 heteroatoms. The number of nitrogens with zero attached hydrogens (tertiary/aromatic N) is 2. The second-order valence-electron chi connectivity index (χ2n) is 7.39. The van der Waals surface area contributed by atoms with Gasteiger partial charge in [-0.05, 0) is 53.6 Å². The highest BCUT2D eigenvalue weighted by atomic mass is 19.4. The first-order chi connectivity index (χ1) is 15.4. The van der Waals surface area contributed by atoms with E-state index in [0.29, 0.717) is 30.2 Å². The highest BCUT2D eigenvalue weighted by Gasteiger charge is 2.31. The van der Waals surface area contributed by atoms with Gasteiger partial charge < -0.3 is 19.9 Å². The monoisotopic (exact) mass is 441 g/mol. The lowest BCUT2D eigenvalue weighted by Crippen LogP contribution is -2.05. The summed E-state index contributed by atoms with van der Waals surface area (Å²) in [5.74, 6) is 2.18. The zero-order valence-electron chi connectivity index (χ0n) is 16.7. The molecule has 2 heterocycles. The topological polar surface area (TPSA) is 71.5 Å². The van der Waals surface area contributed by atoms with Crippen LogP contribution < -0.4 is 19.9 Å². The number of benzene rings is 3. The van der Waals surface area contributed by atoms with Crippen LogP contribution in [0.2, 0.25) is 0 Å². The van der Waals surface area contributed by atoms with Gasteiger partial charge >= 0.3 is 6.18 Å². The smallest absolute Gasteiger partial charge is 0.416 e. The van der Waals surface area contributed by atoms with E-state index < -0.39 is 11.7 Å². The molecule has 0 fully saturated rings. The van der Waals surface area contributed by atoms with Gasteiger partial charge in [0.05, 0.1) is 17.6 Å². The van der Waals surface area contributed by atoms with Crippen molar-refractivity contribution < 1.29 is 27.4 Å². The lowest BCUT2D eigenvalue weighted by molar-refractivity contribution is -0.137. The van der Waals surface area contributed by atoms with Crippen molar-refractivity contribution in [2.24, 2.45) is 0 Å². The van der Waals surface area contributed by atoms with Gasteiger partial charge in [0.25, 0.3) is 0 Å². The van der Waals surface area contributed by atoms with Crippen LogP contribution >= 0.6 is 0 Å². The third kappa shape index (κ3) is 3.89. The van der Waals surface area contributed by atoms with Crippen molar-refractivity contribution in [1.82, 2.24) is 9.78 Å². The molecule has 6 nitrogen and oxygen atoms in total. The number of rotatable bonds is 5. The predicted octanol–water partition coefficient (Wildman–Crippen LogP) is 4.99. The molecule has 0 amide bonds. The maximum Gasteiger partial charge on any atom is 0.416 e. The number of aromatic nitrogens is 2. The summed E-state index contributed by atoms with van der Waals surface area (Å²) in [6, 6.07) is 16.5. The summed E-state index contributed by atoms with van der Waals surface area (Å²) in [7, 11) is 0. The number of hydrogen-bond acceptors (Lipinski definition) is 5. The fourth-order valence-corrected chi connectivity index (χ4v) is 3.56. The van der Waals surface area contributed by atoms with Gasteiger partial charge in [0.1, 0.15) is 12.4 Å². The third-order valence-corrected chi connectivity index (χ3v) is 5.20. The summed E-state index contributed by atoms with van der Waals surface area (Å²) in [6.45, 7) is 0.959. The van der Waals surface area contributed by atoms with Crippen LogP contribution in [0.3, 0.4) is 0 Å². The minimum absolute atomic E-state index is 0.0646. The molecule has 0 aliphatic carbocycles. The molecule has 2 N–H and O–H groups in total. The van der Waals surface area contributed by atoms with Crippen molar-refractivity contribution in [3.8, 4) is 17.2 Å². The molecule has 32 heavy (non-hydrogen) atoms. The van der Waals surface area contributed by atoms with Gasteiger partial charge in [-0.15, -0.1) is 0 Å². The molecule has 0 unspecified atom stereocenters. The van der Waals surface area contributed by atoms with Crippen LogP contribution in [0.15, 0.2) is 60.7 Å². The van der Waals surface area contributed by atoms with E-state index in [-0.39, 0.29) is 18.0 Å². The number of alkyl halides is 3. The molecule has 0 spiro atoms. The van der Waals surface area contributed by atoms with Crippen molar-refractivity contribution in [3.63, 3.8) is 0 Å². The number of nitrogen functional groups attached to an aromatic ring is 1. The Bertz CT molecular complexity index is 1280. The molecule has 0 bridgehead atoms. The van der Waals surface area contributed by atoms with Crippen molar-refractivity contribution in [2.75, 3.05) is 12.5 Å². The van der Waals surface area contributed by atoms with Crippen LogP contribution in [0.25, 0.3) is 10.9 Å². The first-order valence-corrected chi connectivity index (χ1v) is 9.80. The molecule has 4 aromatic rings.